The molecule has 0 aliphatic heterocycles. The monoisotopic (exact) mass is 373 g/mol. The predicted molar refractivity (Wildman–Crippen MR) is 109 cm³/mol. The summed E-state index contributed by atoms with van der Waals surface area (Å²) in [5, 5.41) is -0.237. The zero-order chi connectivity index (χ0) is 19.4. The van der Waals surface area contributed by atoms with Crippen molar-refractivity contribution in [3.63, 3.8) is 0 Å². The molecule has 0 radical (unpaired) electrons. The minimum atomic E-state index is -3.85. The van der Waals surface area contributed by atoms with Gasteiger partial charge in [-0.15, -0.1) is 0 Å². The van der Waals surface area contributed by atoms with E-state index in [0.717, 1.165) is 22.3 Å². The van der Waals surface area contributed by atoms with Crippen LogP contribution in [0.5, 0.6) is 0 Å². The third-order valence-electron chi connectivity index (χ3n) is 4.43. The summed E-state index contributed by atoms with van der Waals surface area (Å²) < 4.78 is 25.8. The van der Waals surface area contributed by atoms with Gasteiger partial charge in [0.1, 0.15) is 0 Å². The lowest BCUT2D eigenvalue weighted by Gasteiger charge is -2.09. The van der Waals surface area contributed by atoms with Crippen molar-refractivity contribution in [2.24, 2.45) is 0 Å². The molecule has 0 aliphatic rings. The van der Waals surface area contributed by atoms with E-state index in [2.05, 4.69) is 4.85 Å². The lowest BCUT2D eigenvalue weighted by atomic mass is 10.0. The van der Waals surface area contributed by atoms with Crippen molar-refractivity contribution in [3.8, 4) is 11.1 Å². The zero-order valence-corrected chi connectivity index (χ0v) is 16.0. The highest BCUT2D eigenvalue weighted by Crippen LogP contribution is 2.30. The molecule has 0 aliphatic carbocycles. The molecule has 0 aromatic heterocycles. The molecule has 3 nitrogen and oxygen atoms in total. The summed E-state index contributed by atoms with van der Waals surface area (Å²) in [6.07, 6.45) is 0. The molecule has 0 spiro atoms. The van der Waals surface area contributed by atoms with E-state index in [1.54, 1.807) is 31.2 Å². The van der Waals surface area contributed by atoms with Crippen molar-refractivity contribution >= 4 is 15.4 Å². The smallest absolute Gasteiger partial charge is 0.230 e. The van der Waals surface area contributed by atoms with Crippen LogP contribution in [0.3, 0.4) is 0 Å². The molecule has 0 N–H and O–H groups in total. The molecule has 0 saturated heterocycles. The Morgan fingerprint density at radius 1 is 0.815 bits per heavy atom. The van der Waals surface area contributed by atoms with E-state index < -0.39 is 9.84 Å². The van der Waals surface area contributed by atoms with E-state index in [1.165, 1.54) is 0 Å². The summed E-state index contributed by atoms with van der Waals surface area (Å²) in [5.74, 6) is 0. The molecule has 0 fully saturated rings. The third-order valence-corrected chi connectivity index (χ3v) is 6.23. The molecule has 134 valence electrons. The fourth-order valence-electron chi connectivity index (χ4n) is 2.84. The molecule has 3 rings (SSSR count). The Balaban J connectivity index is 2.02. The third kappa shape index (κ3) is 3.84. The van der Waals surface area contributed by atoms with E-state index in [1.807, 2.05) is 61.5 Å². The number of sulfone groups is 1. The average Bonchev–Trinajstić information content (AvgIpc) is 2.69. The molecule has 0 saturated carbocycles. The second-order valence-electron chi connectivity index (χ2n) is 6.30. The molecule has 0 unspecified atom stereocenters. The lowest BCUT2D eigenvalue weighted by molar-refractivity contribution is 0.603. The van der Waals surface area contributed by atoms with Crippen LogP contribution in [0.2, 0.25) is 0 Å². The minimum absolute atomic E-state index is 0.138. The highest BCUT2D eigenvalue weighted by Gasteiger charge is 2.24. The quantitative estimate of drug-likeness (QED) is 0.547. The van der Waals surface area contributed by atoms with Gasteiger partial charge in [0.25, 0.3) is 5.03 Å². The minimum Gasteiger partial charge on any atom is -0.230 e. The first-order valence-corrected chi connectivity index (χ1v) is 9.98. The lowest BCUT2D eigenvalue weighted by Crippen LogP contribution is -2.04. The maximum Gasteiger partial charge on any atom is 0.286 e. The van der Waals surface area contributed by atoms with Crippen LogP contribution in [0.25, 0.3) is 21.5 Å². The molecule has 0 amide bonds. The zero-order valence-electron chi connectivity index (χ0n) is 15.2. The number of benzene rings is 3. The summed E-state index contributed by atoms with van der Waals surface area (Å²) in [5.41, 5.74) is 4.26. The van der Waals surface area contributed by atoms with Crippen molar-refractivity contribution in [2.75, 3.05) is 0 Å². The topological polar surface area (TPSA) is 38.5 Å². The summed E-state index contributed by atoms with van der Waals surface area (Å²) in [6, 6.07) is 24.1. The number of hydrogen-bond donors (Lipinski definition) is 0. The average molecular weight is 373 g/mol. The highest BCUT2D eigenvalue weighted by molar-refractivity contribution is 7.95. The number of allylic oxidation sites excluding steroid dienone is 1. The Morgan fingerprint density at radius 3 is 1.93 bits per heavy atom. The van der Waals surface area contributed by atoms with Gasteiger partial charge in [-0.3, -0.25) is 0 Å². The van der Waals surface area contributed by atoms with E-state index >= 15 is 0 Å². The van der Waals surface area contributed by atoms with Crippen molar-refractivity contribution in [1.82, 2.24) is 0 Å². The standard InChI is InChI=1S/C23H19NO2S/c1-17-9-15-22(16-10-17)27(25,26)23(24-3)18(2)19-11-13-21(14-12-19)20-7-5-4-6-8-20/h4-16H,1-2H3/b23-18-. The molecule has 0 heterocycles. The SMILES string of the molecule is [C-]#[N+]/C(=C(\C)c1ccc(-c2ccccc2)cc1)S(=O)(=O)c1ccc(C)cc1. The number of aryl methyl sites for hydroxylation is 1. The fraction of sp³-hybridized carbons (Fsp3) is 0.0870. The fourth-order valence-corrected chi connectivity index (χ4v) is 4.20. The van der Waals surface area contributed by atoms with Crippen LogP contribution in [-0.2, 0) is 9.84 Å². The van der Waals surface area contributed by atoms with E-state index in [9.17, 15) is 8.42 Å². The molecule has 4 heteroatoms. The first kappa shape index (κ1) is 18.6. The van der Waals surface area contributed by atoms with Crippen LogP contribution in [0.1, 0.15) is 18.1 Å². The van der Waals surface area contributed by atoms with Crippen LogP contribution < -0.4 is 0 Å². The molecule has 3 aromatic carbocycles. The second-order valence-corrected chi connectivity index (χ2v) is 8.17. The number of nitrogens with zero attached hydrogens (tertiary/aromatic N) is 1. The van der Waals surface area contributed by atoms with Gasteiger partial charge in [-0.25, -0.2) is 13.3 Å². The molecule has 27 heavy (non-hydrogen) atoms. The van der Waals surface area contributed by atoms with Crippen LogP contribution in [0, 0.1) is 13.5 Å². The van der Waals surface area contributed by atoms with Gasteiger partial charge in [0.2, 0.25) is 9.84 Å². The highest BCUT2D eigenvalue weighted by atomic mass is 32.2. The van der Waals surface area contributed by atoms with Gasteiger partial charge < -0.3 is 0 Å². The first-order valence-electron chi connectivity index (χ1n) is 8.49. The molecule has 0 atom stereocenters. The first-order chi connectivity index (χ1) is 12.9. The van der Waals surface area contributed by atoms with Crippen LogP contribution >= 0.6 is 0 Å². The number of rotatable bonds is 4. The van der Waals surface area contributed by atoms with Crippen LogP contribution in [0.4, 0.5) is 0 Å². The van der Waals surface area contributed by atoms with Crippen molar-refractivity contribution in [3.05, 3.63) is 106 Å². The van der Waals surface area contributed by atoms with Crippen LogP contribution in [0.15, 0.2) is 88.8 Å². The molecule has 0 bridgehead atoms. The largest absolute Gasteiger partial charge is 0.286 e. The van der Waals surface area contributed by atoms with E-state index in [0.29, 0.717) is 5.57 Å². The maximum atomic E-state index is 12.9. The molecule has 3 aromatic rings. The van der Waals surface area contributed by atoms with Crippen LogP contribution in [-0.4, -0.2) is 8.42 Å². The van der Waals surface area contributed by atoms with Gasteiger partial charge >= 0.3 is 0 Å². The summed E-state index contributed by atoms with van der Waals surface area (Å²) >= 11 is 0. The van der Waals surface area contributed by atoms with E-state index in [-0.39, 0.29) is 9.92 Å². The van der Waals surface area contributed by atoms with Gasteiger partial charge in [-0.05, 0) is 48.2 Å². The molecular weight excluding hydrogens is 354 g/mol. The Hall–Kier alpha value is -3.16. The van der Waals surface area contributed by atoms with Crippen molar-refractivity contribution in [2.45, 2.75) is 18.7 Å². The van der Waals surface area contributed by atoms with Gasteiger partial charge in [0, 0.05) is 0 Å². The second kappa shape index (κ2) is 7.61. The predicted octanol–water partition coefficient (Wildman–Crippen LogP) is 5.74. The van der Waals surface area contributed by atoms with E-state index in [4.69, 9.17) is 6.57 Å². The van der Waals surface area contributed by atoms with Gasteiger partial charge in [-0.1, -0.05) is 72.3 Å². The summed E-state index contributed by atoms with van der Waals surface area (Å²) in [7, 11) is -3.85. The number of hydrogen-bond acceptors (Lipinski definition) is 2. The maximum absolute atomic E-state index is 12.9. The Labute approximate surface area is 160 Å². The van der Waals surface area contributed by atoms with Crippen molar-refractivity contribution in [1.29, 1.82) is 0 Å². The Morgan fingerprint density at radius 2 is 1.37 bits per heavy atom. The van der Waals surface area contributed by atoms with Crippen molar-refractivity contribution < 1.29 is 8.42 Å². The normalized spacial score (nSPS) is 12.2. The summed E-state index contributed by atoms with van der Waals surface area (Å²) in [6.45, 7) is 11.0. The summed E-state index contributed by atoms with van der Waals surface area (Å²) in [4.78, 5) is 3.50. The van der Waals surface area contributed by atoms with Gasteiger partial charge in [0.15, 0.2) is 0 Å². The molecular formula is C23H19NO2S. The van der Waals surface area contributed by atoms with Gasteiger partial charge in [0.05, 0.1) is 11.5 Å². The Bertz CT molecular complexity index is 1120. The van der Waals surface area contributed by atoms with Gasteiger partial charge in [-0.2, -0.15) is 0 Å². The Kier molecular flexibility index (Phi) is 5.25.